The number of carbonyl (C=O) groups is 1. The van der Waals surface area contributed by atoms with Crippen LogP contribution in [-0.4, -0.2) is 16.0 Å². The Kier molecular flexibility index (Phi) is 5.72. The SMILES string of the molecule is O=C(Cc1ccccc1)Nc1onc(-c2cc(C(F)(F)F)ccc2F)c1-c1ccncc1. The summed E-state index contributed by atoms with van der Waals surface area (Å²) in [5.41, 5.74) is -0.282. The number of hydrogen-bond donors (Lipinski definition) is 1. The van der Waals surface area contributed by atoms with Gasteiger partial charge in [0.2, 0.25) is 11.8 Å². The average molecular weight is 441 g/mol. The van der Waals surface area contributed by atoms with E-state index in [9.17, 15) is 22.4 Å². The quantitative estimate of drug-likeness (QED) is 0.401. The van der Waals surface area contributed by atoms with Crippen molar-refractivity contribution in [2.24, 2.45) is 0 Å². The monoisotopic (exact) mass is 441 g/mol. The Hall–Kier alpha value is -4.01. The van der Waals surface area contributed by atoms with Gasteiger partial charge in [-0.2, -0.15) is 13.2 Å². The van der Waals surface area contributed by atoms with Crippen LogP contribution >= 0.6 is 0 Å². The van der Waals surface area contributed by atoms with E-state index in [1.165, 1.54) is 12.4 Å². The minimum atomic E-state index is -4.67. The lowest BCUT2D eigenvalue weighted by Gasteiger charge is -2.10. The molecule has 0 fully saturated rings. The maximum Gasteiger partial charge on any atom is 0.416 e. The molecular weight excluding hydrogens is 426 g/mol. The molecule has 1 amide bonds. The van der Waals surface area contributed by atoms with Gasteiger partial charge in [-0.25, -0.2) is 4.39 Å². The third-order valence-corrected chi connectivity index (χ3v) is 4.67. The number of hydrogen-bond acceptors (Lipinski definition) is 4. The zero-order valence-corrected chi connectivity index (χ0v) is 16.4. The van der Waals surface area contributed by atoms with Gasteiger partial charge in [0.05, 0.1) is 17.5 Å². The number of carbonyl (C=O) groups excluding carboxylic acids is 1. The molecule has 162 valence electrons. The summed E-state index contributed by atoms with van der Waals surface area (Å²) in [5, 5.41) is 6.37. The van der Waals surface area contributed by atoms with Gasteiger partial charge >= 0.3 is 6.18 Å². The third kappa shape index (κ3) is 4.51. The summed E-state index contributed by atoms with van der Waals surface area (Å²) in [6, 6.07) is 14.1. The van der Waals surface area contributed by atoms with Gasteiger partial charge in [-0.05, 0) is 41.5 Å². The second kappa shape index (κ2) is 8.62. The number of pyridine rings is 1. The van der Waals surface area contributed by atoms with Crippen molar-refractivity contribution in [1.82, 2.24) is 10.1 Å². The molecule has 0 aliphatic heterocycles. The summed E-state index contributed by atoms with van der Waals surface area (Å²) in [6.45, 7) is 0. The number of anilines is 1. The molecule has 9 heteroatoms. The lowest BCUT2D eigenvalue weighted by molar-refractivity contribution is -0.137. The minimum absolute atomic E-state index is 0.0323. The van der Waals surface area contributed by atoms with Crippen LogP contribution in [0.5, 0.6) is 0 Å². The smallest absolute Gasteiger partial charge is 0.337 e. The van der Waals surface area contributed by atoms with E-state index in [2.05, 4.69) is 15.5 Å². The second-order valence-electron chi connectivity index (χ2n) is 6.87. The largest absolute Gasteiger partial charge is 0.416 e. The third-order valence-electron chi connectivity index (χ3n) is 4.67. The zero-order chi connectivity index (χ0) is 22.7. The number of nitrogens with one attached hydrogen (secondary N) is 1. The van der Waals surface area contributed by atoms with Gasteiger partial charge in [-0.3, -0.25) is 15.1 Å². The molecule has 0 aliphatic rings. The minimum Gasteiger partial charge on any atom is -0.337 e. The predicted octanol–water partition coefficient (Wildman–Crippen LogP) is 5.74. The fourth-order valence-electron chi connectivity index (χ4n) is 3.18. The first kappa shape index (κ1) is 21.2. The second-order valence-corrected chi connectivity index (χ2v) is 6.87. The number of halogens is 4. The van der Waals surface area contributed by atoms with Crippen molar-refractivity contribution in [2.75, 3.05) is 5.32 Å². The van der Waals surface area contributed by atoms with Gasteiger partial charge in [-0.15, -0.1) is 0 Å². The van der Waals surface area contributed by atoms with Gasteiger partial charge < -0.3 is 4.52 Å². The first-order valence-corrected chi connectivity index (χ1v) is 9.44. The fraction of sp³-hybridized carbons (Fsp3) is 0.0870. The normalized spacial score (nSPS) is 11.4. The van der Waals surface area contributed by atoms with Crippen LogP contribution in [0.2, 0.25) is 0 Å². The number of alkyl halides is 3. The molecule has 32 heavy (non-hydrogen) atoms. The van der Waals surface area contributed by atoms with Crippen LogP contribution in [0.15, 0.2) is 77.6 Å². The molecule has 0 saturated carbocycles. The summed E-state index contributed by atoms with van der Waals surface area (Å²) in [4.78, 5) is 16.4. The van der Waals surface area contributed by atoms with Gasteiger partial charge in [0.1, 0.15) is 11.5 Å². The number of amides is 1. The number of rotatable bonds is 5. The summed E-state index contributed by atoms with van der Waals surface area (Å²) < 4.78 is 59.4. The number of aromatic nitrogens is 2. The van der Waals surface area contributed by atoms with Gasteiger partial charge in [0, 0.05) is 18.0 Å². The Morgan fingerprint density at radius 2 is 1.72 bits per heavy atom. The molecule has 0 aliphatic carbocycles. The van der Waals surface area contributed by atoms with E-state index in [1.807, 2.05) is 6.07 Å². The van der Waals surface area contributed by atoms with E-state index in [4.69, 9.17) is 4.52 Å². The Morgan fingerprint density at radius 1 is 1.00 bits per heavy atom. The van der Waals surface area contributed by atoms with Crippen LogP contribution in [0.25, 0.3) is 22.4 Å². The Labute approximate surface area is 179 Å². The lowest BCUT2D eigenvalue weighted by Crippen LogP contribution is -2.14. The van der Waals surface area contributed by atoms with Crippen molar-refractivity contribution in [3.8, 4) is 22.4 Å². The van der Waals surface area contributed by atoms with Crippen molar-refractivity contribution in [3.63, 3.8) is 0 Å². The first-order chi connectivity index (χ1) is 15.3. The van der Waals surface area contributed by atoms with Crippen LogP contribution in [0.3, 0.4) is 0 Å². The Morgan fingerprint density at radius 3 is 2.41 bits per heavy atom. The fourth-order valence-corrected chi connectivity index (χ4v) is 3.18. The molecular formula is C23H15F4N3O2. The summed E-state index contributed by atoms with van der Waals surface area (Å²) >= 11 is 0. The van der Waals surface area contributed by atoms with Crippen LogP contribution in [0, 0.1) is 5.82 Å². The highest BCUT2D eigenvalue weighted by Gasteiger charge is 2.32. The van der Waals surface area contributed by atoms with E-state index >= 15 is 0 Å². The van der Waals surface area contributed by atoms with E-state index in [0.717, 1.165) is 11.6 Å². The maximum absolute atomic E-state index is 14.5. The molecule has 0 atom stereocenters. The van der Waals surface area contributed by atoms with Crippen LogP contribution in [0.4, 0.5) is 23.4 Å². The summed E-state index contributed by atoms with van der Waals surface area (Å²) in [7, 11) is 0. The van der Waals surface area contributed by atoms with Crippen LogP contribution in [-0.2, 0) is 17.4 Å². The Balaban J connectivity index is 1.77. The average Bonchev–Trinajstić information content (AvgIpc) is 3.17. The van der Waals surface area contributed by atoms with Gasteiger partial charge in [0.15, 0.2) is 0 Å². The number of nitrogens with zero attached hydrogens (tertiary/aromatic N) is 2. The molecule has 0 spiro atoms. The van der Waals surface area contributed by atoms with Crippen molar-refractivity contribution >= 4 is 11.8 Å². The molecule has 2 aromatic carbocycles. The summed E-state index contributed by atoms with van der Waals surface area (Å²) in [5.74, 6) is -1.45. The van der Waals surface area contributed by atoms with E-state index < -0.39 is 29.0 Å². The van der Waals surface area contributed by atoms with Crippen LogP contribution < -0.4 is 5.32 Å². The van der Waals surface area contributed by atoms with Crippen molar-refractivity contribution in [3.05, 3.63) is 90.0 Å². The van der Waals surface area contributed by atoms with Crippen molar-refractivity contribution < 1.29 is 26.9 Å². The first-order valence-electron chi connectivity index (χ1n) is 9.44. The van der Waals surface area contributed by atoms with E-state index in [-0.39, 0.29) is 23.6 Å². The highest BCUT2D eigenvalue weighted by Crippen LogP contribution is 2.40. The molecule has 0 radical (unpaired) electrons. The van der Waals surface area contributed by atoms with Crippen molar-refractivity contribution in [2.45, 2.75) is 12.6 Å². The molecule has 1 N–H and O–H groups in total. The molecule has 2 aromatic heterocycles. The lowest BCUT2D eigenvalue weighted by atomic mass is 9.99. The molecule has 5 nitrogen and oxygen atoms in total. The molecule has 0 unspecified atom stereocenters. The number of benzene rings is 2. The molecule has 2 heterocycles. The highest BCUT2D eigenvalue weighted by molar-refractivity contribution is 5.98. The summed E-state index contributed by atoms with van der Waals surface area (Å²) in [6.07, 6.45) is -1.74. The van der Waals surface area contributed by atoms with Gasteiger partial charge in [0.25, 0.3) is 0 Å². The standard InChI is InChI=1S/C23H15F4N3O2/c24-18-7-6-16(23(25,26)27)13-17(18)21-20(15-8-10-28-11-9-15)22(32-30-21)29-19(31)12-14-4-2-1-3-5-14/h1-11,13H,12H2,(H,29,31). The van der Waals surface area contributed by atoms with Crippen LogP contribution in [0.1, 0.15) is 11.1 Å². The topological polar surface area (TPSA) is 68.0 Å². The molecule has 4 rings (SSSR count). The van der Waals surface area contributed by atoms with E-state index in [0.29, 0.717) is 17.7 Å². The molecule has 4 aromatic rings. The van der Waals surface area contributed by atoms with Gasteiger partial charge in [-0.1, -0.05) is 35.5 Å². The predicted molar refractivity (Wildman–Crippen MR) is 109 cm³/mol. The van der Waals surface area contributed by atoms with Crippen molar-refractivity contribution in [1.29, 1.82) is 0 Å². The molecule has 0 bridgehead atoms. The van der Waals surface area contributed by atoms with E-state index in [1.54, 1.807) is 36.4 Å². The molecule has 0 saturated heterocycles. The zero-order valence-electron chi connectivity index (χ0n) is 16.4. The maximum atomic E-state index is 14.5. The Bertz CT molecular complexity index is 1240. The highest BCUT2D eigenvalue weighted by atomic mass is 19.4.